The number of likely N-dealkylation sites (N-methyl/N-ethyl adjacent to an activating group) is 1. The summed E-state index contributed by atoms with van der Waals surface area (Å²) >= 11 is 1.12. The molecule has 3 heterocycles. The van der Waals surface area contributed by atoms with E-state index < -0.39 is 28.2 Å². The number of fused-ring (bicyclic) bond motifs is 2. The van der Waals surface area contributed by atoms with Crippen LogP contribution in [0.2, 0.25) is 0 Å². The highest BCUT2D eigenvalue weighted by atomic mass is 32.2. The second-order valence-corrected chi connectivity index (χ2v) is 13.4. The zero-order valence-electron chi connectivity index (χ0n) is 23.3. The highest BCUT2D eigenvalue weighted by Gasteiger charge is 2.36. The Labute approximate surface area is 247 Å². The van der Waals surface area contributed by atoms with E-state index in [1.165, 1.54) is 11.4 Å². The lowest BCUT2D eigenvalue weighted by atomic mass is 9.99. The van der Waals surface area contributed by atoms with E-state index in [1.807, 2.05) is 6.92 Å². The van der Waals surface area contributed by atoms with Gasteiger partial charge in [-0.2, -0.15) is 4.31 Å². The number of rotatable bonds is 8. The van der Waals surface area contributed by atoms with Crippen molar-refractivity contribution in [1.82, 2.24) is 9.21 Å². The summed E-state index contributed by atoms with van der Waals surface area (Å²) in [5.41, 5.74) is 0.859. The predicted octanol–water partition coefficient (Wildman–Crippen LogP) is 3.66. The molecule has 2 aromatic carbocycles. The van der Waals surface area contributed by atoms with E-state index >= 15 is 0 Å². The van der Waals surface area contributed by atoms with Crippen LogP contribution in [0.25, 0.3) is 0 Å². The maximum Gasteiger partial charge on any atom is 0.323 e. The molecule has 0 radical (unpaired) electrons. The number of benzene rings is 2. The number of para-hydroxylation sites is 1. The smallest absolute Gasteiger partial charge is 0.323 e. The number of thiophene rings is 1. The molecule has 1 aromatic heterocycles. The van der Waals surface area contributed by atoms with Crippen molar-refractivity contribution in [3.63, 3.8) is 0 Å². The summed E-state index contributed by atoms with van der Waals surface area (Å²) in [6, 6.07) is 11.9. The zero-order valence-corrected chi connectivity index (χ0v) is 24.9. The van der Waals surface area contributed by atoms with Gasteiger partial charge in [-0.3, -0.25) is 4.79 Å². The van der Waals surface area contributed by atoms with Crippen LogP contribution < -0.4 is 24.8 Å². The minimum atomic E-state index is -3.78. The molecule has 3 atom stereocenters. The molecule has 0 saturated heterocycles. The SMILES string of the molecule is C[C@@H]1CN([C@H](C)CO)C(=O)c2cccc(NC(=O)Nc3ccc4c(c3)OCO4)c2O[C@H]1CN(C)S(=O)(=O)c1cccs1. The average molecular weight is 617 g/mol. The van der Waals surface area contributed by atoms with Gasteiger partial charge in [-0.1, -0.05) is 19.1 Å². The minimum absolute atomic E-state index is 0.0197. The number of nitrogens with one attached hydrogen (secondary N) is 2. The van der Waals surface area contributed by atoms with Gasteiger partial charge < -0.3 is 34.9 Å². The molecule has 3 aromatic rings. The van der Waals surface area contributed by atoms with E-state index in [0.717, 1.165) is 11.3 Å². The summed E-state index contributed by atoms with van der Waals surface area (Å²) in [5.74, 6) is 0.467. The Bertz CT molecular complexity index is 1560. The van der Waals surface area contributed by atoms with Crippen molar-refractivity contribution < 1.29 is 37.3 Å². The fraction of sp³-hybridized carbons (Fsp3) is 0.357. The van der Waals surface area contributed by atoms with Crippen molar-refractivity contribution in [3.05, 3.63) is 59.5 Å². The monoisotopic (exact) mass is 616 g/mol. The number of sulfonamides is 1. The lowest BCUT2D eigenvalue weighted by Gasteiger charge is -2.38. The molecule has 2 aliphatic heterocycles. The van der Waals surface area contributed by atoms with E-state index in [9.17, 15) is 23.1 Å². The third-order valence-corrected chi connectivity index (χ3v) is 10.4. The number of ether oxygens (including phenoxy) is 3. The number of aliphatic hydroxyl groups is 1. The maximum atomic E-state index is 13.7. The molecule has 2 aliphatic rings. The van der Waals surface area contributed by atoms with Gasteiger partial charge in [0.05, 0.1) is 30.4 Å². The second kappa shape index (κ2) is 12.2. The van der Waals surface area contributed by atoms with Crippen molar-refractivity contribution in [3.8, 4) is 17.2 Å². The van der Waals surface area contributed by atoms with Crippen LogP contribution in [0.1, 0.15) is 24.2 Å². The number of hydrogen-bond acceptors (Lipinski definition) is 9. The van der Waals surface area contributed by atoms with Crippen LogP contribution >= 0.6 is 11.3 Å². The summed E-state index contributed by atoms with van der Waals surface area (Å²) in [4.78, 5) is 28.3. The van der Waals surface area contributed by atoms with Gasteiger partial charge in [-0.25, -0.2) is 13.2 Å². The molecule has 3 N–H and O–H groups in total. The maximum absolute atomic E-state index is 13.7. The predicted molar refractivity (Wildman–Crippen MR) is 157 cm³/mol. The number of amides is 3. The molecule has 0 unspecified atom stereocenters. The molecule has 0 saturated carbocycles. The van der Waals surface area contributed by atoms with Crippen LogP contribution in [-0.2, 0) is 10.0 Å². The van der Waals surface area contributed by atoms with Crippen molar-refractivity contribution in [1.29, 1.82) is 0 Å². The van der Waals surface area contributed by atoms with Crippen molar-refractivity contribution in [2.45, 2.75) is 30.2 Å². The Morgan fingerprint density at radius 1 is 1.17 bits per heavy atom. The topological polar surface area (TPSA) is 147 Å². The zero-order chi connectivity index (χ0) is 30.0. The second-order valence-electron chi connectivity index (χ2n) is 10.2. The van der Waals surface area contributed by atoms with Crippen LogP contribution in [0.15, 0.2) is 58.1 Å². The molecule has 0 aliphatic carbocycles. The van der Waals surface area contributed by atoms with Crippen LogP contribution in [-0.4, -0.2) is 80.4 Å². The fourth-order valence-corrected chi connectivity index (χ4v) is 7.12. The molecule has 5 rings (SSSR count). The van der Waals surface area contributed by atoms with E-state index in [4.69, 9.17) is 14.2 Å². The quantitative estimate of drug-likeness (QED) is 0.348. The Hall–Kier alpha value is -3.85. The standard InChI is InChI=1S/C28H32N4O8S2/c1-17-13-32(18(2)15-33)27(34)20-6-4-7-21(30-28(35)29-19-9-10-22-23(12-19)39-16-38-22)26(20)40-24(17)14-31(3)42(36,37)25-8-5-11-41-25/h4-12,17-18,24,33H,13-16H2,1-3H3,(H2,29,30,35)/t17-,18-,24+/m1/s1. The number of aliphatic hydroxyl groups excluding tert-OH is 1. The van der Waals surface area contributed by atoms with Gasteiger partial charge in [-0.15, -0.1) is 11.3 Å². The normalized spacial score (nSPS) is 19.0. The Kier molecular flexibility index (Phi) is 8.59. The number of urea groups is 1. The molecular formula is C28H32N4O8S2. The lowest BCUT2D eigenvalue weighted by Crippen LogP contribution is -2.50. The average Bonchev–Trinajstić information content (AvgIpc) is 3.67. The van der Waals surface area contributed by atoms with Crippen LogP contribution in [0.4, 0.5) is 16.2 Å². The molecule has 0 bridgehead atoms. The number of hydrogen-bond donors (Lipinski definition) is 3. The minimum Gasteiger partial charge on any atom is -0.486 e. The van der Waals surface area contributed by atoms with E-state index in [2.05, 4.69) is 10.6 Å². The van der Waals surface area contributed by atoms with E-state index in [-0.39, 0.29) is 59.5 Å². The van der Waals surface area contributed by atoms with Gasteiger partial charge in [0.1, 0.15) is 10.3 Å². The molecule has 0 spiro atoms. The summed E-state index contributed by atoms with van der Waals surface area (Å²) in [6.45, 7) is 3.63. The van der Waals surface area contributed by atoms with Crippen LogP contribution in [0, 0.1) is 5.92 Å². The Morgan fingerprint density at radius 2 is 1.95 bits per heavy atom. The van der Waals surface area contributed by atoms with Crippen molar-refractivity contribution in [2.24, 2.45) is 5.92 Å². The van der Waals surface area contributed by atoms with Gasteiger partial charge in [-0.05, 0) is 42.6 Å². The lowest BCUT2D eigenvalue weighted by molar-refractivity contribution is 0.0389. The van der Waals surface area contributed by atoms with Gasteiger partial charge in [0, 0.05) is 31.3 Å². The largest absolute Gasteiger partial charge is 0.486 e. The first-order valence-electron chi connectivity index (χ1n) is 13.3. The van der Waals surface area contributed by atoms with Gasteiger partial charge in [0.2, 0.25) is 6.79 Å². The number of nitrogens with zero attached hydrogens (tertiary/aromatic N) is 2. The number of carbonyl (C=O) groups is 2. The highest BCUT2D eigenvalue weighted by Crippen LogP contribution is 2.37. The molecular weight excluding hydrogens is 584 g/mol. The first kappa shape index (κ1) is 29.6. The number of anilines is 2. The molecule has 12 nitrogen and oxygen atoms in total. The Morgan fingerprint density at radius 3 is 2.69 bits per heavy atom. The van der Waals surface area contributed by atoms with Crippen LogP contribution in [0.5, 0.6) is 17.2 Å². The first-order chi connectivity index (χ1) is 20.1. The van der Waals surface area contributed by atoms with Crippen LogP contribution in [0.3, 0.4) is 0 Å². The number of carbonyl (C=O) groups excluding carboxylic acids is 2. The molecule has 14 heteroatoms. The molecule has 3 amide bonds. The first-order valence-corrected chi connectivity index (χ1v) is 15.6. The van der Waals surface area contributed by atoms with Crippen molar-refractivity contribution >= 4 is 44.7 Å². The third-order valence-electron chi connectivity index (χ3n) is 7.17. The van der Waals surface area contributed by atoms with Gasteiger partial charge in [0.25, 0.3) is 15.9 Å². The summed E-state index contributed by atoms with van der Waals surface area (Å²) < 4.78 is 44.9. The molecule has 0 fully saturated rings. The third kappa shape index (κ3) is 6.02. The fourth-order valence-electron chi connectivity index (χ4n) is 4.73. The van der Waals surface area contributed by atoms with E-state index in [1.54, 1.807) is 65.7 Å². The van der Waals surface area contributed by atoms with Crippen molar-refractivity contribution in [2.75, 3.05) is 44.2 Å². The summed E-state index contributed by atoms with van der Waals surface area (Å²) in [5, 5.41) is 17.1. The van der Waals surface area contributed by atoms with E-state index in [0.29, 0.717) is 17.2 Å². The van der Waals surface area contributed by atoms with Gasteiger partial charge >= 0.3 is 6.03 Å². The molecule has 42 heavy (non-hydrogen) atoms. The van der Waals surface area contributed by atoms with Gasteiger partial charge in [0.15, 0.2) is 17.2 Å². The Balaban J connectivity index is 1.45. The summed E-state index contributed by atoms with van der Waals surface area (Å²) in [7, 11) is -2.30. The highest BCUT2D eigenvalue weighted by molar-refractivity contribution is 7.91. The summed E-state index contributed by atoms with van der Waals surface area (Å²) in [6.07, 6.45) is -0.704. The molecule has 224 valence electrons.